The Morgan fingerprint density at radius 2 is 1.86 bits per heavy atom. The van der Waals surface area contributed by atoms with E-state index in [1.165, 1.54) is 6.42 Å². The van der Waals surface area contributed by atoms with Crippen LogP contribution in [0.25, 0.3) is 0 Å². The van der Waals surface area contributed by atoms with Crippen LogP contribution in [0.4, 0.5) is 5.69 Å². The molecule has 2 rings (SSSR count). The van der Waals surface area contributed by atoms with Crippen LogP contribution in [0.3, 0.4) is 0 Å². The first-order valence-corrected chi connectivity index (χ1v) is 9.09. The van der Waals surface area contributed by atoms with Crippen LogP contribution in [0.1, 0.15) is 42.9 Å². The minimum Gasteiger partial charge on any atom is -0.398 e. The van der Waals surface area contributed by atoms with Gasteiger partial charge in [0.1, 0.15) is 0 Å². The number of hydrogen-bond acceptors (Lipinski definition) is 3. The third-order valence-electron chi connectivity index (χ3n) is 4.71. The largest absolute Gasteiger partial charge is 0.398 e. The van der Waals surface area contributed by atoms with Crippen molar-refractivity contribution in [3.63, 3.8) is 0 Å². The van der Waals surface area contributed by atoms with Crippen molar-refractivity contribution in [1.82, 2.24) is 4.31 Å². The highest BCUT2D eigenvalue weighted by Gasteiger charge is 2.31. The van der Waals surface area contributed by atoms with Gasteiger partial charge < -0.3 is 5.73 Å². The Morgan fingerprint density at radius 3 is 2.33 bits per heavy atom. The van der Waals surface area contributed by atoms with E-state index >= 15 is 0 Å². The summed E-state index contributed by atoms with van der Waals surface area (Å²) >= 11 is 0. The van der Waals surface area contributed by atoms with E-state index in [1.807, 2.05) is 26.8 Å². The Hall–Kier alpha value is -1.07. The van der Waals surface area contributed by atoms with Gasteiger partial charge in [-0.05, 0) is 62.3 Å². The molecule has 1 aliphatic rings. The fraction of sp³-hybridized carbons (Fsp3) is 0.625. The van der Waals surface area contributed by atoms with E-state index in [2.05, 4.69) is 0 Å². The topological polar surface area (TPSA) is 63.4 Å². The monoisotopic (exact) mass is 310 g/mol. The molecule has 0 bridgehead atoms. The van der Waals surface area contributed by atoms with Crippen LogP contribution in [0, 0.1) is 26.7 Å². The fourth-order valence-electron chi connectivity index (χ4n) is 2.92. The fourth-order valence-corrected chi connectivity index (χ4v) is 4.98. The average Bonchev–Trinajstić information content (AvgIpc) is 2.35. The number of hydrogen-bond donors (Lipinski definition) is 1. The zero-order valence-electron chi connectivity index (χ0n) is 13.4. The van der Waals surface area contributed by atoms with Crippen molar-refractivity contribution in [1.29, 1.82) is 0 Å². The molecule has 0 spiro atoms. The molecule has 21 heavy (non-hydrogen) atoms. The van der Waals surface area contributed by atoms with Gasteiger partial charge in [-0.25, -0.2) is 8.42 Å². The lowest BCUT2D eigenvalue weighted by atomic mass is 9.85. The molecule has 1 aromatic carbocycles. The second-order valence-electron chi connectivity index (χ2n) is 6.11. The normalized spacial score (nSPS) is 16.2. The number of nitrogens with two attached hydrogens (primary N) is 1. The number of aryl methyl sites for hydroxylation is 1. The molecule has 1 fully saturated rings. The third kappa shape index (κ3) is 2.94. The van der Waals surface area contributed by atoms with Crippen molar-refractivity contribution in [2.24, 2.45) is 5.92 Å². The van der Waals surface area contributed by atoms with E-state index < -0.39 is 10.0 Å². The van der Waals surface area contributed by atoms with Gasteiger partial charge in [0.25, 0.3) is 0 Å². The molecule has 1 aromatic rings. The lowest BCUT2D eigenvalue weighted by Gasteiger charge is -2.32. The van der Waals surface area contributed by atoms with E-state index in [0.717, 1.165) is 24.0 Å². The Kier molecular flexibility index (Phi) is 4.63. The standard InChI is InChI=1S/C16H26N2O2S/c1-5-18(10-14-7-6-8-14)21(19,20)16-12(3)11(2)9-15(17)13(16)4/h9,14H,5-8,10,17H2,1-4H3. The maximum Gasteiger partial charge on any atom is 0.243 e. The lowest BCUT2D eigenvalue weighted by Crippen LogP contribution is -2.38. The third-order valence-corrected chi connectivity index (χ3v) is 6.93. The Bertz CT molecular complexity index is 608. The molecule has 0 atom stereocenters. The maximum atomic E-state index is 13.1. The van der Waals surface area contributed by atoms with Gasteiger partial charge in [0, 0.05) is 18.8 Å². The Labute approximate surface area is 128 Å². The molecule has 4 nitrogen and oxygen atoms in total. The second kappa shape index (κ2) is 5.97. The van der Waals surface area contributed by atoms with Crippen LogP contribution in [0.2, 0.25) is 0 Å². The molecule has 5 heteroatoms. The Morgan fingerprint density at radius 1 is 1.24 bits per heavy atom. The van der Waals surface area contributed by atoms with Crippen molar-refractivity contribution in [3.05, 3.63) is 22.8 Å². The lowest BCUT2D eigenvalue weighted by molar-refractivity contribution is 0.250. The van der Waals surface area contributed by atoms with Gasteiger partial charge in [0.15, 0.2) is 0 Å². The van der Waals surface area contributed by atoms with Gasteiger partial charge in [-0.1, -0.05) is 13.3 Å². The molecule has 1 saturated carbocycles. The van der Waals surface area contributed by atoms with Crippen LogP contribution in [-0.4, -0.2) is 25.8 Å². The summed E-state index contributed by atoms with van der Waals surface area (Å²) in [6.07, 6.45) is 3.50. The van der Waals surface area contributed by atoms with E-state index in [4.69, 9.17) is 5.73 Å². The number of benzene rings is 1. The summed E-state index contributed by atoms with van der Waals surface area (Å²) in [5.74, 6) is 0.516. The van der Waals surface area contributed by atoms with E-state index in [0.29, 0.717) is 35.2 Å². The molecule has 0 heterocycles. The van der Waals surface area contributed by atoms with Crippen molar-refractivity contribution >= 4 is 15.7 Å². The molecule has 0 saturated heterocycles. The summed E-state index contributed by atoms with van der Waals surface area (Å²) in [4.78, 5) is 0.404. The molecule has 2 N–H and O–H groups in total. The molecule has 1 aliphatic carbocycles. The predicted octanol–water partition coefficient (Wildman–Crippen LogP) is 3.00. The van der Waals surface area contributed by atoms with Crippen molar-refractivity contribution in [3.8, 4) is 0 Å². The number of nitrogens with zero attached hydrogens (tertiary/aromatic N) is 1. The molecule has 0 aromatic heterocycles. The Balaban J connectivity index is 2.47. The summed E-state index contributed by atoms with van der Waals surface area (Å²) in [5, 5.41) is 0. The summed E-state index contributed by atoms with van der Waals surface area (Å²) in [6, 6.07) is 1.85. The van der Waals surface area contributed by atoms with Gasteiger partial charge in [-0.3, -0.25) is 0 Å². The van der Waals surface area contributed by atoms with Gasteiger partial charge in [0.05, 0.1) is 4.90 Å². The second-order valence-corrected chi connectivity index (χ2v) is 7.99. The summed E-state index contributed by atoms with van der Waals surface area (Å²) in [6.45, 7) is 8.61. The van der Waals surface area contributed by atoms with Gasteiger partial charge in [-0.15, -0.1) is 0 Å². The van der Waals surface area contributed by atoms with Crippen LogP contribution >= 0.6 is 0 Å². The number of sulfonamides is 1. The van der Waals surface area contributed by atoms with Crippen LogP contribution < -0.4 is 5.73 Å². The van der Waals surface area contributed by atoms with Crippen molar-refractivity contribution < 1.29 is 8.42 Å². The van der Waals surface area contributed by atoms with Crippen molar-refractivity contribution in [2.45, 2.75) is 51.9 Å². The summed E-state index contributed by atoms with van der Waals surface area (Å²) < 4.78 is 27.7. The molecule has 0 amide bonds. The highest BCUT2D eigenvalue weighted by Crippen LogP contribution is 2.33. The SMILES string of the molecule is CCN(CC1CCC1)S(=O)(=O)c1c(C)c(C)cc(N)c1C. The van der Waals surface area contributed by atoms with E-state index in [-0.39, 0.29) is 0 Å². The quantitative estimate of drug-likeness (QED) is 0.850. The van der Waals surface area contributed by atoms with Gasteiger partial charge in [0.2, 0.25) is 10.0 Å². The van der Waals surface area contributed by atoms with Crippen LogP contribution in [-0.2, 0) is 10.0 Å². The number of rotatable bonds is 5. The molecule has 0 unspecified atom stereocenters. The van der Waals surface area contributed by atoms with E-state index in [1.54, 1.807) is 11.2 Å². The highest BCUT2D eigenvalue weighted by atomic mass is 32.2. The first kappa shape index (κ1) is 16.3. The minimum atomic E-state index is -3.48. The number of anilines is 1. The summed E-state index contributed by atoms with van der Waals surface area (Å²) in [7, 11) is -3.48. The van der Waals surface area contributed by atoms with Crippen molar-refractivity contribution in [2.75, 3.05) is 18.8 Å². The average molecular weight is 310 g/mol. The van der Waals surface area contributed by atoms with Crippen LogP contribution in [0.5, 0.6) is 0 Å². The minimum absolute atomic E-state index is 0.404. The van der Waals surface area contributed by atoms with Crippen LogP contribution in [0.15, 0.2) is 11.0 Å². The van der Waals surface area contributed by atoms with E-state index in [9.17, 15) is 8.42 Å². The first-order chi connectivity index (χ1) is 9.78. The molecule has 0 radical (unpaired) electrons. The zero-order chi connectivity index (χ0) is 15.8. The zero-order valence-corrected chi connectivity index (χ0v) is 14.3. The predicted molar refractivity (Wildman–Crippen MR) is 86.8 cm³/mol. The van der Waals surface area contributed by atoms with Gasteiger partial charge >= 0.3 is 0 Å². The summed E-state index contributed by atoms with van der Waals surface area (Å²) in [5.41, 5.74) is 8.95. The molecule has 0 aliphatic heterocycles. The van der Waals surface area contributed by atoms with Gasteiger partial charge in [-0.2, -0.15) is 4.31 Å². The highest BCUT2D eigenvalue weighted by molar-refractivity contribution is 7.89. The first-order valence-electron chi connectivity index (χ1n) is 7.65. The smallest absolute Gasteiger partial charge is 0.243 e. The number of nitrogen functional groups attached to an aromatic ring is 1. The molecular weight excluding hydrogens is 284 g/mol. The molecular formula is C16H26N2O2S. The molecule has 118 valence electrons. The maximum absolute atomic E-state index is 13.1.